The van der Waals surface area contributed by atoms with Crippen molar-refractivity contribution in [2.75, 3.05) is 6.54 Å². The van der Waals surface area contributed by atoms with Crippen molar-refractivity contribution in [1.82, 2.24) is 4.72 Å². The third-order valence-corrected chi connectivity index (χ3v) is 3.72. The summed E-state index contributed by atoms with van der Waals surface area (Å²) in [7, 11) is -4.83. The van der Waals surface area contributed by atoms with Crippen molar-refractivity contribution in [2.24, 2.45) is 0 Å². The number of aromatic carboxylic acids is 1. The van der Waals surface area contributed by atoms with E-state index in [0.717, 1.165) is 10.8 Å². The van der Waals surface area contributed by atoms with Gasteiger partial charge in [-0.05, 0) is 18.2 Å². The number of alkyl halides is 4. The molecule has 21 heavy (non-hydrogen) atoms. The monoisotopic (exact) mass is 333 g/mol. The maximum Gasteiger partial charge on any atom is 0.335 e. The van der Waals surface area contributed by atoms with E-state index < -0.39 is 51.2 Å². The molecule has 5 nitrogen and oxygen atoms in total. The van der Waals surface area contributed by atoms with E-state index in [2.05, 4.69) is 0 Å². The lowest BCUT2D eigenvalue weighted by atomic mass is 10.2. The third kappa shape index (κ3) is 4.11. The van der Waals surface area contributed by atoms with Crippen LogP contribution >= 0.6 is 0 Å². The number of rotatable bonds is 6. The Bertz CT molecular complexity index is 647. The Balaban J connectivity index is 3.02. The molecule has 2 N–H and O–H groups in total. The van der Waals surface area contributed by atoms with Crippen molar-refractivity contribution in [3.63, 3.8) is 0 Å². The number of carboxylic acid groups (broad SMARTS) is 1. The molecule has 0 amide bonds. The number of hydrogen-bond donors (Lipinski definition) is 2. The van der Waals surface area contributed by atoms with Crippen LogP contribution < -0.4 is 4.72 Å². The van der Waals surface area contributed by atoms with E-state index in [1.54, 1.807) is 0 Å². The van der Waals surface area contributed by atoms with Crippen molar-refractivity contribution >= 4 is 16.0 Å². The number of hydrogen-bond acceptors (Lipinski definition) is 3. The van der Waals surface area contributed by atoms with Gasteiger partial charge in [0, 0.05) is 0 Å². The second-order valence-corrected chi connectivity index (χ2v) is 5.57. The predicted octanol–water partition coefficient (Wildman–Crippen LogP) is 1.70. The lowest BCUT2D eigenvalue weighted by Gasteiger charge is -2.16. The average Bonchev–Trinajstić information content (AvgIpc) is 2.36. The van der Waals surface area contributed by atoms with Gasteiger partial charge in [0.15, 0.2) is 0 Å². The van der Waals surface area contributed by atoms with E-state index in [-0.39, 0.29) is 0 Å². The summed E-state index contributed by atoms with van der Waals surface area (Å²) in [5.41, 5.74) is -0.565. The summed E-state index contributed by atoms with van der Waals surface area (Å²) in [6, 6.07) is 1.62. The third-order valence-electron chi connectivity index (χ3n) is 2.29. The first-order chi connectivity index (χ1) is 9.47. The van der Waals surface area contributed by atoms with Crippen molar-refractivity contribution in [3.05, 3.63) is 29.6 Å². The molecule has 0 fully saturated rings. The first-order valence-electron chi connectivity index (χ1n) is 5.16. The van der Waals surface area contributed by atoms with Gasteiger partial charge in [-0.1, -0.05) is 0 Å². The molecule has 0 spiro atoms. The standard InChI is InChI=1S/C10H8F5NO4S/c11-6-3-5(8(17)18)1-2-7(6)21(19,20)16-4-10(14,15)9(12)13/h1-3,9,16H,4H2,(H,17,18). The number of halogens is 5. The van der Waals surface area contributed by atoms with Crippen LogP contribution in [0.3, 0.4) is 0 Å². The van der Waals surface area contributed by atoms with Gasteiger partial charge < -0.3 is 5.11 Å². The largest absolute Gasteiger partial charge is 0.478 e. The van der Waals surface area contributed by atoms with Gasteiger partial charge >= 0.3 is 18.3 Å². The summed E-state index contributed by atoms with van der Waals surface area (Å²) in [5.74, 6) is -7.66. The van der Waals surface area contributed by atoms with E-state index in [9.17, 15) is 35.2 Å². The zero-order valence-corrected chi connectivity index (χ0v) is 10.8. The molecule has 0 aliphatic heterocycles. The Hall–Kier alpha value is -1.75. The minimum atomic E-state index is -4.83. The number of benzene rings is 1. The molecule has 1 aromatic rings. The topological polar surface area (TPSA) is 83.5 Å². The molecule has 0 aliphatic carbocycles. The number of carbonyl (C=O) groups is 1. The summed E-state index contributed by atoms with van der Waals surface area (Å²) in [5, 5.41) is 8.56. The SMILES string of the molecule is O=C(O)c1ccc(S(=O)(=O)NCC(F)(F)C(F)F)c(F)c1. The van der Waals surface area contributed by atoms with Crippen molar-refractivity contribution in [2.45, 2.75) is 17.2 Å². The number of nitrogens with one attached hydrogen (secondary N) is 1. The lowest BCUT2D eigenvalue weighted by Crippen LogP contribution is -2.41. The molecule has 0 atom stereocenters. The molecule has 0 saturated heterocycles. The molecule has 0 saturated carbocycles. The molecular formula is C10H8F5NO4S. The van der Waals surface area contributed by atoms with E-state index in [0.29, 0.717) is 12.1 Å². The van der Waals surface area contributed by atoms with Crippen molar-refractivity contribution in [3.8, 4) is 0 Å². The minimum absolute atomic E-state index is 0.363. The Labute approximate surface area is 115 Å². The highest BCUT2D eigenvalue weighted by Crippen LogP contribution is 2.23. The van der Waals surface area contributed by atoms with Crippen LogP contribution in [0, 0.1) is 5.82 Å². The average molecular weight is 333 g/mol. The molecule has 118 valence electrons. The molecule has 0 heterocycles. The first-order valence-corrected chi connectivity index (χ1v) is 6.64. The van der Waals surface area contributed by atoms with Crippen LogP contribution in [0.2, 0.25) is 0 Å². The molecule has 0 aromatic heterocycles. The summed E-state index contributed by atoms with van der Waals surface area (Å²) in [6.07, 6.45) is -4.10. The molecular weight excluding hydrogens is 325 g/mol. The fraction of sp³-hybridized carbons (Fsp3) is 0.300. The summed E-state index contributed by atoms with van der Waals surface area (Å²) < 4.78 is 86.7. The Morgan fingerprint density at radius 1 is 1.33 bits per heavy atom. The van der Waals surface area contributed by atoms with Crippen LogP contribution in [0.1, 0.15) is 10.4 Å². The van der Waals surface area contributed by atoms with Crippen molar-refractivity contribution in [1.29, 1.82) is 0 Å². The van der Waals surface area contributed by atoms with Gasteiger partial charge in [-0.25, -0.2) is 31.1 Å². The second-order valence-electron chi connectivity index (χ2n) is 3.84. The fourth-order valence-electron chi connectivity index (χ4n) is 1.20. The van der Waals surface area contributed by atoms with Gasteiger partial charge in [-0.3, -0.25) is 0 Å². The van der Waals surface area contributed by atoms with Crippen LogP contribution in [0.15, 0.2) is 23.1 Å². The summed E-state index contributed by atoms with van der Waals surface area (Å²) >= 11 is 0. The molecule has 1 aromatic carbocycles. The molecule has 0 radical (unpaired) electrons. The van der Waals surface area contributed by atoms with Gasteiger partial charge in [0.05, 0.1) is 12.1 Å². The van der Waals surface area contributed by atoms with E-state index in [4.69, 9.17) is 5.11 Å². The van der Waals surface area contributed by atoms with Crippen LogP contribution in [0.25, 0.3) is 0 Å². The number of carboxylic acids is 1. The predicted molar refractivity (Wildman–Crippen MR) is 59.5 cm³/mol. The zero-order chi connectivity index (χ0) is 16.4. The summed E-state index contributed by atoms with van der Waals surface area (Å²) in [6.45, 7) is -1.92. The molecule has 1 rings (SSSR count). The van der Waals surface area contributed by atoms with Gasteiger partial charge in [0.25, 0.3) is 0 Å². The Morgan fingerprint density at radius 3 is 2.33 bits per heavy atom. The Morgan fingerprint density at radius 2 is 1.90 bits per heavy atom. The normalized spacial score (nSPS) is 12.7. The quantitative estimate of drug-likeness (QED) is 0.776. The van der Waals surface area contributed by atoms with E-state index in [1.807, 2.05) is 0 Å². The Kier molecular flexibility index (Phi) is 4.89. The maximum absolute atomic E-state index is 13.5. The van der Waals surface area contributed by atoms with Gasteiger partial charge in [0.1, 0.15) is 10.7 Å². The van der Waals surface area contributed by atoms with E-state index >= 15 is 0 Å². The highest BCUT2D eigenvalue weighted by molar-refractivity contribution is 7.89. The number of sulfonamides is 1. The van der Waals surface area contributed by atoms with Crippen LogP contribution in [0.4, 0.5) is 22.0 Å². The van der Waals surface area contributed by atoms with Crippen LogP contribution in [0.5, 0.6) is 0 Å². The maximum atomic E-state index is 13.5. The van der Waals surface area contributed by atoms with Gasteiger partial charge in [0.2, 0.25) is 10.0 Å². The fourth-order valence-corrected chi connectivity index (χ4v) is 2.30. The second kappa shape index (κ2) is 5.93. The van der Waals surface area contributed by atoms with Gasteiger partial charge in [-0.15, -0.1) is 0 Å². The molecule has 0 bridgehead atoms. The van der Waals surface area contributed by atoms with Crippen LogP contribution in [-0.2, 0) is 10.0 Å². The molecule has 11 heteroatoms. The lowest BCUT2D eigenvalue weighted by molar-refractivity contribution is -0.122. The molecule has 0 aliphatic rings. The van der Waals surface area contributed by atoms with E-state index in [1.165, 1.54) is 0 Å². The molecule has 0 unspecified atom stereocenters. The first kappa shape index (κ1) is 17.3. The highest BCUT2D eigenvalue weighted by atomic mass is 32.2. The minimum Gasteiger partial charge on any atom is -0.478 e. The van der Waals surface area contributed by atoms with Crippen molar-refractivity contribution < 1.29 is 40.3 Å². The smallest absolute Gasteiger partial charge is 0.335 e. The van der Waals surface area contributed by atoms with Crippen LogP contribution in [-0.4, -0.2) is 38.4 Å². The zero-order valence-electron chi connectivity index (χ0n) is 9.99. The highest BCUT2D eigenvalue weighted by Gasteiger charge is 2.41. The van der Waals surface area contributed by atoms with Gasteiger partial charge in [-0.2, -0.15) is 8.78 Å². The summed E-state index contributed by atoms with van der Waals surface area (Å²) in [4.78, 5) is 9.40.